The monoisotopic (exact) mass is 848 g/mol. The SMILES string of the molecule is COc1cc(Cc2cc(Oc3ccc(NC(=O)Nc4cc(C(C)(C)C)cc(NS(C)(=O)=O)c4OC)c4ccccc34)ccn2)cc(S(=O)CCOCCOCC(=O)O)c1. The number of rotatable bonds is 19. The zero-order chi connectivity index (χ0) is 42.7. The zero-order valence-corrected chi connectivity index (χ0v) is 35.3. The van der Waals surface area contributed by atoms with E-state index in [-0.39, 0.29) is 48.1 Å². The van der Waals surface area contributed by atoms with Crippen LogP contribution in [0, 0.1) is 0 Å². The summed E-state index contributed by atoms with van der Waals surface area (Å²) in [6.07, 6.45) is 3.08. The molecular formula is C42H48N4O11S2. The van der Waals surface area contributed by atoms with Crippen molar-refractivity contribution in [3.05, 3.63) is 102 Å². The molecule has 0 bridgehead atoms. The third-order valence-corrected chi connectivity index (χ3v) is 10.6. The molecule has 5 rings (SSSR count). The molecule has 1 unspecified atom stereocenters. The highest BCUT2D eigenvalue weighted by molar-refractivity contribution is 7.92. The summed E-state index contributed by atoms with van der Waals surface area (Å²) in [5.41, 5.74) is 2.90. The Kier molecular flexibility index (Phi) is 14.9. The van der Waals surface area contributed by atoms with Crippen LogP contribution in [0.2, 0.25) is 0 Å². The molecule has 59 heavy (non-hydrogen) atoms. The van der Waals surface area contributed by atoms with Gasteiger partial charge in [-0.05, 0) is 65.1 Å². The van der Waals surface area contributed by atoms with Gasteiger partial charge in [0.2, 0.25) is 10.0 Å². The number of benzene rings is 4. The molecule has 4 N–H and O–H groups in total. The van der Waals surface area contributed by atoms with Crippen LogP contribution in [0.15, 0.2) is 90.0 Å². The van der Waals surface area contributed by atoms with Crippen LogP contribution in [0.4, 0.5) is 21.9 Å². The molecule has 0 aliphatic heterocycles. The predicted molar refractivity (Wildman–Crippen MR) is 227 cm³/mol. The van der Waals surface area contributed by atoms with Crippen LogP contribution in [0.3, 0.4) is 0 Å². The Balaban J connectivity index is 1.30. The number of amides is 2. The number of nitrogens with one attached hydrogen (secondary N) is 3. The number of hydrogen-bond donors (Lipinski definition) is 4. The second-order valence-corrected chi connectivity index (χ2v) is 17.7. The Morgan fingerprint density at radius 2 is 1.53 bits per heavy atom. The van der Waals surface area contributed by atoms with Gasteiger partial charge in [-0.15, -0.1) is 0 Å². The zero-order valence-electron chi connectivity index (χ0n) is 33.6. The predicted octanol–water partition coefficient (Wildman–Crippen LogP) is 7.17. The van der Waals surface area contributed by atoms with Gasteiger partial charge >= 0.3 is 12.0 Å². The van der Waals surface area contributed by atoms with Crippen molar-refractivity contribution in [3.63, 3.8) is 0 Å². The van der Waals surface area contributed by atoms with E-state index in [0.717, 1.165) is 22.8 Å². The van der Waals surface area contributed by atoms with Gasteiger partial charge in [0.15, 0.2) is 5.75 Å². The maximum Gasteiger partial charge on any atom is 0.329 e. The minimum Gasteiger partial charge on any atom is -0.497 e. The number of ether oxygens (including phenoxy) is 5. The fraction of sp³-hybridized carbons (Fsp3) is 0.310. The van der Waals surface area contributed by atoms with Crippen LogP contribution in [0.5, 0.6) is 23.0 Å². The van der Waals surface area contributed by atoms with Crippen molar-refractivity contribution >= 4 is 60.7 Å². The van der Waals surface area contributed by atoms with Crippen molar-refractivity contribution in [3.8, 4) is 23.0 Å². The molecule has 1 aromatic heterocycles. The van der Waals surface area contributed by atoms with E-state index >= 15 is 0 Å². The van der Waals surface area contributed by atoms with Crippen LogP contribution in [0.25, 0.3) is 10.8 Å². The first-order valence-electron chi connectivity index (χ1n) is 18.4. The van der Waals surface area contributed by atoms with Gasteiger partial charge in [-0.2, -0.15) is 0 Å². The summed E-state index contributed by atoms with van der Waals surface area (Å²) in [6.45, 7) is 6.03. The fourth-order valence-electron chi connectivity index (χ4n) is 5.96. The number of methoxy groups -OCH3 is 2. The van der Waals surface area contributed by atoms with Gasteiger partial charge in [-0.25, -0.2) is 18.0 Å². The lowest BCUT2D eigenvalue weighted by Crippen LogP contribution is -2.22. The van der Waals surface area contributed by atoms with Crippen molar-refractivity contribution in [1.29, 1.82) is 0 Å². The molecule has 0 spiro atoms. The van der Waals surface area contributed by atoms with E-state index < -0.39 is 39.4 Å². The van der Waals surface area contributed by atoms with E-state index in [2.05, 4.69) is 20.3 Å². The first-order valence-corrected chi connectivity index (χ1v) is 21.6. The number of sulfonamides is 1. The summed E-state index contributed by atoms with van der Waals surface area (Å²) in [5.74, 6) is 0.937. The van der Waals surface area contributed by atoms with Gasteiger partial charge in [0.1, 0.15) is 23.9 Å². The van der Waals surface area contributed by atoms with E-state index in [1.54, 1.807) is 42.6 Å². The Labute approximate surface area is 345 Å². The number of fused-ring (bicyclic) bond motifs is 1. The van der Waals surface area contributed by atoms with Gasteiger partial charge < -0.3 is 39.4 Å². The summed E-state index contributed by atoms with van der Waals surface area (Å²) in [5, 5.41) is 15.8. The van der Waals surface area contributed by atoms with Crippen LogP contribution >= 0.6 is 0 Å². The lowest BCUT2D eigenvalue weighted by Gasteiger charge is -2.24. The Bertz CT molecular complexity index is 2440. The Hall–Kier alpha value is -5.75. The number of aliphatic carboxylic acids is 1. The molecule has 17 heteroatoms. The van der Waals surface area contributed by atoms with Crippen LogP contribution in [-0.2, 0) is 46.9 Å². The first kappa shape index (κ1) is 44.4. The summed E-state index contributed by atoms with van der Waals surface area (Å²) in [7, 11) is -2.11. The molecule has 2 amide bonds. The van der Waals surface area contributed by atoms with E-state index in [0.29, 0.717) is 45.3 Å². The third kappa shape index (κ3) is 12.9. The number of urea groups is 1. The van der Waals surface area contributed by atoms with Crippen molar-refractivity contribution in [2.75, 3.05) is 68.0 Å². The molecular weight excluding hydrogens is 801 g/mol. The number of hydrogen-bond acceptors (Lipinski definition) is 11. The van der Waals surface area contributed by atoms with E-state index in [1.165, 1.54) is 14.2 Å². The highest BCUT2D eigenvalue weighted by atomic mass is 32.2. The molecule has 0 radical (unpaired) electrons. The van der Waals surface area contributed by atoms with Gasteiger partial charge in [0.05, 0.1) is 73.9 Å². The van der Waals surface area contributed by atoms with Crippen molar-refractivity contribution in [1.82, 2.24) is 4.98 Å². The number of carbonyl (C=O) groups is 2. The topological polar surface area (TPSA) is 201 Å². The molecule has 0 saturated carbocycles. The Morgan fingerprint density at radius 1 is 0.814 bits per heavy atom. The summed E-state index contributed by atoms with van der Waals surface area (Å²) in [4.78, 5) is 29.2. The molecule has 4 aromatic carbocycles. The van der Waals surface area contributed by atoms with Crippen LogP contribution in [0.1, 0.15) is 37.6 Å². The maximum absolute atomic E-state index is 13.5. The lowest BCUT2D eigenvalue weighted by atomic mass is 9.86. The van der Waals surface area contributed by atoms with Gasteiger partial charge in [-0.1, -0.05) is 45.0 Å². The smallest absolute Gasteiger partial charge is 0.329 e. The molecule has 15 nitrogen and oxygen atoms in total. The molecule has 5 aromatic rings. The highest BCUT2D eigenvalue weighted by Crippen LogP contribution is 2.40. The van der Waals surface area contributed by atoms with Crippen molar-refractivity contribution in [2.24, 2.45) is 0 Å². The van der Waals surface area contributed by atoms with Gasteiger partial charge in [0.25, 0.3) is 0 Å². The minimum absolute atomic E-state index is 0.123. The molecule has 0 fully saturated rings. The van der Waals surface area contributed by atoms with E-state index in [4.69, 9.17) is 28.8 Å². The van der Waals surface area contributed by atoms with E-state index in [1.807, 2.05) is 63.2 Å². The number of anilines is 3. The number of carboxylic acid groups (broad SMARTS) is 1. The normalized spacial score (nSPS) is 12.1. The van der Waals surface area contributed by atoms with Crippen LogP contribution < -0.4 is 29.6 Å². The lowest BCUT2D eigenvalue weighted by molar-refractivity contribution is -0.142. The number of nitrogens with zero attached hydrogens (tertiary/aromatic N) is 1. The van der Waals surface area contributed by atoms with E-state index in [9.17, 15) is 22.2 Å². The second-order valence-electron chi connectivity index (χ2n) is 14.4. The standard InChI is InChI=1S/C42H48N4O11S2/c1-42(2,3)28-22-36(40(54-5)37(23-28)46-59(6,51)52)45-41(49)44-35-11-12-38(34-10-8-7-9-33(34)35)57-30-13-14-43-29(24-30)19-27-20-31(53-4)25-32(21-27)58(50)18-17-55-15-16-56-26-39(47)48/h7-14,20-25,46H,15-19,26H2,1-6H3,(H,47,48)(H2,44,45,49). The first-order chi connectivity index (χ1) is 28.0. The molecule has 1 heterocycles. The average Bonchev–Trinajstić information content (AvgIpc) is 3.17. The van der Waals surface area contributed by atoms with Gasteiger partial charge in [-0.3, -0.25) is 13.9 Å². The van der Waals surface area contributed by atoms with Crippen molar-refractivity contribution < 1.29 is 51.0 Å². The summed E-state index contributed by atoms with van der Waals surface area (Å²) in [6, 6.07) is 22.8. The summed E-state index contributed by atoms with van der Waals surface area (Å²) >= 11 is 0. The maximum atomic E-state index is 13.5. The Morgan fingerprint density at radius 3 is 2.22 bits per heavy atom. The number of aromatic nitrogens is 1. The average molecular weight is 849 g/mol. The molecule has 0 saturated heterocycles. The second kappa shape index (κ2) is 19.8. The van der Waals surface area contributed by atoms with Gasteiger partial charge in [0, 0.05) is 40.0 Å². The highest BCUT2D eigenvalue weighted by Gasteiger charge is 2.23. The molecule has 314 valence electrons. The van der Waals surface area contributed by atoms with Crippen LogP contribution in [-0.4, -0.2) is 87.4 Å². The quantitative estimate of drug-likeness (QED) is 0.0612. The largest absolute Gasteiger partial charge is 0.497 e. The third-order valence-electron chi connectivity index (χ3n) is 8.69. The number of carbonyl (C=O) groups excluding carboxylic acids is 1. The minimum atomic E-state index is -3.65. The molecule has 0 aliphatic carbocycles. The van der Waals surface area contributed by atoms with Crippen molar-refractivity contribution in [2.45, 2.75) is 37.5 Å². The number of carboxylic acids is 1. The number of pyridine rings is 1. The fourth-order valence-corrected chi connectivity index (χ4v) is 7.55. The molecule has 1 atom stereocenters. The molecule has 0 aliphatic rings. The summed E-state index contributed by atoms with van der Waals surface area (Å²) < 4.78 is 67.8.